The second kappa shape index (κ2) is 6.31. The van der Waals surface area contributed by atoms with E-state index in [1.54, 1.807) is 6.07 Å². The van der Waals surface area contributed by atoms with Crippen molar-refractivity contribution in [1.82, 2.24) is 4.57 Å². The molecule has 0 unspecified atom stereocenters. The van der Waals surface area contributed by atoms with Gasteiger partial charge in [0.05, 0.1) is 11.1 Å². The molecule has 2 aromatic rings. The molecule has 0 spiro atoms. The van der Waals surface area contributed by atoms with Crippen LogP contribution in [0, 0.1) is 0 Å². The summed E-state index contributed by atoms with van der Waals surface area (Å²) in [6.45, 7) is 7.84. The van der Waals surface area contributed by atoms with Crippen LogP contribution in [-0.2, 0) is 13.0 Å². The number of aromatic nitrogens is 1. The number of hydrogen-bond acceptors (Lipinski definition) is 2. The van der Waals surface area contributed by atoms with Crippen LogP contribution in [0.4, 0.5) is 0 Å². The van der Waals surface area contributed by atoms with Gasteiger partial charge in [-0.3, -0.25) is 0 Å². The molecule has 0 aliphatic carbocycles. The lowest BCUT2D eigenvalue weighted by Gasteiger charge is -2.13. The van der Waals surface area contributed by atoms with Crippen LogP contribution in [0.2, 0.25) is 0 Å². The minimum absolute atomic E-state index is 0.281. The van der Waals surface area contributed by atoms with Crippen LogP contribution in [-0.4, -0.2) is 22.2 Å². The summed E-state index contributed by atoms with van der Waals surface area (Å²) in [4.78, 5) is 11.4. The van der Waals surface area contributed by atoms with Crippen LogP contribution < -0.4 is 5.73 Å². The van der Waals surface area contributed by atoms with Gasteiger partial charge in [-0.1, -0.05) is 20.8 Å². The summed E-state index contributed by atoms with van der Waals surface area (Å²) in [5.74, 6) is -0.585. The van der Waals surface area contributed by atoms with Gasteiger partial charge >= 0.3 is 5.97 Å². The number of carbonyl (C=O) groups is 1. The number of rotatable bonds is 6. The van der Waals surface area contributed by atoms with E-state index < -0.39 is 5.97 Å². The Morgan fingerprint density at radius 3 is 2.62 bits per heavy atom. The Hall–Kier alpha value is -1.81. The normalized spacial score (nSPS) is 11.5. The third-order valence-corrected chi connectivity index (χ3v) is 3.94. The van der Waals surface area contributed by atoms with Crippen molar-refractivity contribution in [1.29, 1.82) is 0 Å². The van der Waals surface area contributed by atoms with Crippen molar-refractivity contribution < 1.29 is 9.90 Å². The van der Waals surface area contributed by atoms with Gasteiger partial charge in [0.1, 0.15) is 0 Å². The Morgan fingerprint density at radius 1 is 1.38 bits per heavy atom. The number of carboxylic acids is 1. The molecule has 2 rings (SSSR count). The van der Waals surface area contributed by atoms with Crippen LogP contribution in [0.15, 0.2) is 18.3 Å². The Bertz CT molecular complexity index is 656. The minimum Gasteiger partial charge on any atom is -0.478 e. The minimum atomic E-state index is -0.865. The van der Waals surface area contributed by atoms with E-state index in [0.717, 1.165) is 30.3 Å². The van der Waals surface area contributed by atoms with Gasteiger partial charge in [-0.05, 0) is 48.6 Å². The lowest BCUT2D eigenvalue weighted by Crippen LogP contribution is -2.07. The molecular formula is C17H24N2O2. The van der Waals surface area contributed by atoms with E-state index in [2.05, 4.69) is 31.5 Å². The maximum absolute atomic E-state index is 11.4. The number of nitrogens with zero attached hydrogens (tertiary/aromatic N) is 1. The lowest BCUT2D eigenvalue weighted by atomic mass is 9.96. The molecular weight excluding hydrogens is 264 g/mol. The fourth-order valence-corrected chi connectivity index (χ4v) is 2.83. The van der Waals surface area contributed by atoms with Gasteiger partial charge in [0.15, 0.2) is 0 Å². The SMILES string of the molecule is CCc1cn(CCCN)c2c(C(C)C)cc(C(=O)O)cc12. The average Bonchev–Trinajstić information content (AvgIpc) is 2.81. The largest absolute Gasteiger partial charge is 0.478 e. The van der Waals surface area contributed by atoms with Crippen molar-refractivity contribution in [3.8, 4) is 0 Å². The average molecular weight is 288 g/mol. The molecule has 3 N–H and O–H groups in total. The molecule has 0 aliphatic rings. The number of carboxylic acid groups (broad SMARTS) is 1. The molecule has 4 nitrogen and oxygen atoms in total. The second-order valence-corrected chi connectivity index (χ2v) is 5.77. The molecule has 1 aromatic heterocycles. The van der Waals surface area contributed by atoms with Gasteiger partial charge in [-0.25, -0.2) is 4.79 Å². The molecule has 21 heavy (non-hydrogen) atoms. The topological polar surface area (TPSA) is 68.2 Å². The Labute approximate surface area is 125 Å². The molecule has 1 aromatic carbocycles. The molecule has 0 atom stereocenters. The van der Waals surface area contributed by atoms with Crippen LogP contribution >= 0.6 is 0 Å². The molecule has 1 heterocycles. The van der Waals surface area contributed by atoms with Crippen molar-refractivity contribution in [2.75, 3.05) is 6.54 Å². The first kappa shape index (κ1) is 15.6. The van der Waals surface area contributed by atoms with E-state index in [-0.39, 0.29) is 5.92 Å². The van der Waals surface area contributed by atoms with Crippen LogP contribution in [0.25, 0.3) is 10.9 Å². The maximum Gasteiger partial charge on any atom is 0.335 e. The standard InChI is InChI=1S/C17H24N2O2/c1-4-12-10-19(7-5-6-18)16-14(11(2)3)8-13(17(20)21)9-15(12)16/h8-11H,4-7,18H2,1-3H3,(H,20,21). The van der Waals surface area contributed by atoms with E-state index in [4.69, 9.17) is 5.73 Å². The fourth-order valence-electron chi connectivity index (χ4n) is 2.83. The van der Waals surface area contributed by atoms with Gasteiger partial charge in [-0.15, -0.1) is 0 Å². The van der Waals surface area contributed by atoms with Crippen LogP contribution in [0.1, 0.15) is 54.6 Å². The molecule has 0 bridgehead atoms. The van der Waals surface area contributed by atoms with Gasteiger partial charge in [0.2, 0.25) is 0 Å². The first-order chi connectivity index (χ1) is 9.99. The smallest absolute Gasteiger partial charge is 0.335 e. The van der Waals surface area contributed by atoms with Crippen molar-refractivity contribution in [2.24, 2.45) is 5.73 Å². The summed E-state index contributed by atoms with van der Waals surface area (Å²) >= 11 is 0. The Balaban J connectivity index is 2.74. The zero-order chi connectivity index (χ0) is 15.6. The molecule has 0 saturated carbocycles. The quantitative estimate of drug-likeness (QED) is 0.856. The third-order valence-electron chi connectivity index (χ3n) is 3.94. The first-order valence-corrected chi connectivity index (χ1v) is 7.58. The van der Waals surface area contributed by atoms with Gasteiger partial charge < -0.3 is 15.4 Å². The summed E-state index contributed by atoms with van der Waals surface area (Å²) in [6.07, 6.45) is 3.97. The fraction of sp³-hybridized carbons (Fsp3) is 0.471. The summed E-state index contributed by atoms with van der Waals surface area (Å²) in [5.41, 5.74) is 9.47. The zero-order valence-corrected chi connectivity index (χ0v) is 13.0. The summed E-state index contributed by atoms with van der Waals surface area (Å²) in [6, 6.07) is 3.62. The second-order valence-electron chi connectivity index (χ2n) is 5.77. The summed E-state index contributed by atoms with van der Waals surface area (Å²) in [5, 5.41) is 10.4. The first-order valence-electron chi connectivity index (χ1n) is 7.58. The van der Waals surface area contributed by atoms with Crippen molar-refractivity contribution in [2.45, 2.75) is 46.1 Å². The third kappa shape index (κ3) is 2.95. The predicted octanol–water partition coefficient (Wildman–Crippen LogP) is 3.37. The highest BCUT2D eigenvalue weighted by Crippen LogP contribution is 2.31. The molecule has 0 radical (unpaired) electrons. The van der Waals surface area contributed by atoms with Crippen molar-refractivity contribution in [3.05, 3.63) is 35.0 Å². The van der Waals surface area contributed by atoms with Gasteiger partial charge in [0.25, 0.3) is 0 Å². The van der Waals surface area contributed by atoms with Crippen LogP contribution in [0.5, 0.6) is 0 Å². The number of fused-ring (bicyclic) bond motifs is 1. The molecule has 0 amide bonds. The number of aromatic carboxylic acids is 1. The molecule has 0 aliphatic heterocycles. The molecule has 0 fully saturated rings. The van der Waals surface area contributed by atoms with Crippen molar-refractivity contribution >= 4 is 16.9 Å². The predicted molar refractivity (Wildman–Crippen MR) is 86.0 cm³/mol. The van der Waals surface area contributed by atoms with Gasteiger partial charge in [-0.2, -0.15) is 0 Å². The number of hydrogen-bond donors (Lipinski definition) is 2. The maximum atomic E-state index is 11.4. The van der Waals surface area contributed by atoms with Gasteiger partial charge in [0, 0.05) is 18.1 Å². The number of nitrogens with two attached hydrogens (primary N) is 1. The number of benzene rings is 1. The summed E-state index contributed by atoms with van der Waals surface area (Å²) in [7, 11) is 0. The van der Waals surface area contributed by atoms with E-state index in [1.165, 1.54) is 11.1 Å². The molecule has 4 heteroatoms. The highest BCUT2D eigenvalue weighted by Gasteiger charge is 2.17. The van der Waals surface area contributed by atoms with E-state index in [1.807, 2.05) is 6.07 Å². The highest BCUT2D eigenvalue weighted by atomic mass is 16.4. The lowest BCUT2D eigenvalue weighted by molar-refractivity contribution is 0.0697. The Kier molecular flexibility index (Phi) is 4.68. The number of aryl methyl sites for hydroxylation is 2. The van der Waals surface area contributed by atoms with E-state index in [9.17, 15) is 9.90 Å². The summed E-state index contributed by atoms with van der Waals surface area (Å²) < 4.78 is 2.24. The molecule has 114 valence electrons. The monoisotopic (exact) mass is 288 g/mol. The zero-order valence-electron chi connectivity index (χ0n) is 13.0. The van der Waals surface area contributed by atoms with Crippen LogP contribution in [0.3, 0.4) is 0 Å². The highest BCUT2D eigenvalue weighted by molar-refractivity contribution is 5.97. The van der Waals surface area contributed by atoms with E-state index >= 15 is 0 Å². The van der Waals surface area contributed by atoms with E-state index in [0.29, 0.717) is 12.1 Å². The van der Waals surface area contributed by atoms with Crippen molar-refractivity contribution in [3.63, 3.8) is 0 Å². The molecule has 0 saturated heterocycles. The Morgan fingerprint density at radius 2 is 2.10 bits per heavy atom.